The molecule has 1 aliphatic carbocycles. The van der Waals surface area contributed by atoms with Gasteiger partial charge in [0.15, 0.2) is 0 Å². The molecule has 0 bridgehead atoms. The molecule has 0 aliphatic heterocycles. The van der Waals surface area contributed by atoms with Crippen molar-refractivity contribution in [1.82, 2.24) is 0 Å². The van der Waals surface area contributed by atoms with Crippen molar-refractivity contribution in [2.45, 2.75) is 70.8 Å². The predicted molar refractivity (Wildman–Crippen MR) is 107 cm³/mol. The van der Waals surface area contributed by atoms with Crippen LogP contribution in [0.5, 0.6) is 0 Å². The van der Waals surface area contributed by atoms with Crippen molar-refractivity contribution in [2.75, 3.05) is 0 Å². The van der Waals surface area contributed by atoms with Crippen LogP contribution in [0.3, 0.4) is 0 Å². The molecule has 1 fully saturated rings. The molecule has 2 rings (SSSR count). The van der Waals surface area contributed by atoms with Gasteiger partial charge in [-0.05, 0) is 41.5 Å². The Morgan fingerprint density at radius 3 is 2.61 bits per heavy atom. The summed E-state index contributed by atoms with van der Waals surface area (Å²) < 4.78 is 0. The Hall–Kier alpha value is -1.08. The largest absolute Gasteiger partial charge is 0.135 e. The summed E-state index contributed by atoms with van der Waals surface area (Å²) >= 11 is 0. The van der Waals surface area contributed by atoms with Gasteiger partial charge in [0.05, 0.1) is 0 Å². The zero-order chi connectivity index (χ0) is 16.7. The zero-order valence-corrected chi connectivity index (χ0v) is 16.2. The van der Waals surface area contributed by atoms with Crippen LogP contribution >= 0.6 is 0 Å². The van der Waals surface area contributed by atoms with Crippen molar-refractivity contribution in [3.8, 4) is 0 Å². The molecule has 126 valence electrons. The van der Waals surface area contributed by atoms with E-state index < -0.39 is 8.07 Å². The molecule has 0 nitrogen and oxygen atoms in total. The molecule has 2 atom stereocenters. The molecule has 1 aliphatic rings. The summed E-state index contributed by atoms with van der Waals surface area (Å²) in [5.74, 6) is 0.906. The zero-order valence-electron chi connectivity index (χ0n) is 15.2. The topological polar surface area (TPSA) is 0 Å². The van der Waals surface area contributed by atoms with Crippen LogP contribution in [0.25, 0.3) is 0 Å². The third kappa shape index (κ3) is 4.06. The fourth-order valence-electron chi connectivity index (χ4n) is 4.36. The molecule has 0 heterocycles. The van der Waals surface area contributed by atoms with E-state index in [2.05, 4.69) is 62.7 Å². The maximum atomic E-state index is 4.29. The highest BCUT2D eigenvalue weighted by Gasteiger charge is 2.40. The van der Waals surface area contributed by atoms with Gasteiger partial charge in [0.2, 0.25) is 0 Å². The summed E-state index contributed by atoms with van der Waals surface area (Å²) in [6, 6.07) is 9.37. The second-order valence-electron chi connectivity index (χ2n) is 7.28. The third-order valence-corrected chi connectivity index (χ3v) is 10.5. The highest BCUT2D eigenvalue weighted by Crippen LogP contribution is 2.41. The lowest BCUT2D eigenvalue weighted by Crippen LogP contribution is -2.50. The SMILES string of the molecule is C=C[Si](C=C)(c1cccc(CCCC)c1)C1CCCC(CC)C1. The second kappa shape index (κ2) is 8.68. The first-order chi connectivity index (χ1) is 11.2. The van der Waals surface area contributed by atoms with E-state index in [1.165, 1.54) is 62.1 Å². The number of unbranched alkanes of at least 4 members (excludes halogenated alkanes) is 1. The van der Waals surface area contributed by atoms with Gasteiger partial charge in [-0.2, -0.15) is 0 Å². The summed E-state index contributed by atoms with van der Waals surface area (Å²) in [7, 11) is -1.82. The van der Waals surface area contributed by atoms with Crippen molar-refractivity contribution in [1.29, 1.82) is 0 Å². The van der Waals surface area contributed by atoms with Crippen molar-refractivity contribution >= 4 is 13.3 Å². The van der Waals surface area contributed by atoms with Crippen LogP contribution in [0, 0.1) is 5.92 Å². The van der Waals surface area contributed by atoms with E-state index >= 15 is 0 Å². The van der Waals surface area contributed by atoms with E-state index in [9.17, 15) is 0 Å². The van der Waals surface area contributed by atoms with Gasteiger partial charge in [-0.1, -0.05) is 81.6 Å². The number of aryl methyl sites for hydroxylation is 1. The lowest BCUT2D eigenvalue weighted by molar-refractivity contribution is 0.346. The predicted octanol–water partition coefficient (Wildman–Crippen LogP) is 6.11. The molecule has 23 heavy (non-hydrogen) atoms. The van der Waals surface area contributed by atoms with Crippen LogP contribution in [0.4, 0.5) is 0 Å². The quantitative estimate of drug-likeness (QED) is 0.506. The van der Waals surface area contributed by atoms with Crippen molar-refractivity contribution < 1.29 is 0 Å². The second-order valence-corrected chi connectivity index (χ2v) is 11.4. The highest BCUT2D eigenvalue weighted by molar-refractivity contribution is 7.00. The van der Waals surface area contributed by atoms with Crippen molar-refractivity contribution in [3.63, 3.8) is 0 Å². The molecule has 0 radical (unpaired) electrons. The maximum absolute atomic E-state index is 4.29. The van der Waals surface area contributed by atoms with Gasteiger partial charge in [0.1, 0.15) is 8.07 Å². The molecule has 0 saturated heterocycles. The summed E-state index contributed by atoms with van der Waals surface area (Å²) in [5, 5.41) is 1.54. The van der Waals surface area contributed by atoms with Crippen molar-refractivity contribution in [3.05, 3.63) is 54.4 Å². The number of benzene rings is 1. The molecule has 1 aromatic rings. The van der Waals surface area contributed by atoms with E-state index in [0.717, 1.165) is 11.5 Å². The van der Waals surface area contributed by atoms with Crippen LogP contribution < -0.4 is 5.19 Å². The maximum Gasteiger partial charge on any atom is 0.135 e. The van der Waals surface area contributed by atoms with Crippen LogP contribution in [-0.4, -0.2) is 8.07 Å². The lowest BCUT2D eigenvalue weighted by atomic mass is 9.87. The molecule has 2 unspecified atom stereocenters. The highest BCUT2D eigenvalue weighted by atomic mass is 28.3. The van der Waals surface area contributed by atoms with E-state index in [-0.39, 0.29) is 0 Å². The minimum absolute atomic E-state index is 0.789. The van der Waals surface area contributed by atoms with E-state index in [1.807, 2.05) is 0 Å². The first-order valence-electron chi connectivity index (χ1n) is 9.56. The normalized spacial score (nSPS) is 21.8. The Morgan fingerprint density at radius 2 is 1.96 bits per heavy atom. The molecule has 0 spiro atoms. The van der Waals surface area contributed by atoms with E-state index in [1.54, 1.807) is 0 Å². The Labute approximate surface area is 144 Å². The molecule has 0 aromatic heterocycles. The lowest BCUT2D eigenvalue weighted by Gasteiger charge is -2.40. The first kappa shape index (κ1) is 18.3. The van der Waals surface area contributed by atoms with Crippen LogP contribution in [0.15, 0.2) is 48.8 Å². The molecular formula is C22H34Si. The fourth-order valence-corrected chi connectivity index (χ4v) is 8.36. The van der Waals surface area contributed by atoms with E-state index in [0.29, 0.717) is 0 Å². The Kier molecular flexibility index (Phi) is 6.89. The Balaban J connectivity index is 2.32. The average molecular weight is 327 g/mol. The Bertz CT molecular complexity index is 508. The van der Waals surface area contributed by atoms with Gasteiger partial charge < -0.3 is 0 Å². The number of hydrogen-bond donors (Lipinski definition) is 0. The molecule has 1 aromatic carbocycles. The molecule has 1 heteroatoms. The summed E-state index contributed by atoms with van der Waals surface area (Å²) in [6.07, 6.45) is 10.6. The summed E-state index contributed by atoms with van der Waals surface area (Å²) in [4.78, 5) is 0. The minimum atomic E-state index is -1.82. The number of hydrogen-bond acceptors (Lipinski definition) is 0. The summed E-state index contributed by atoms with van der Waals surface area (Å²) in [5.41, 5.74) is 6.90. The molecule has 0 N–H and O–H groups in total. The van der Waals surface area contributed by atoms with Crippen LogP contribution in [0.2, 0.25) is 5.54 Å². The fraction of sp³-hybridized carbons (Fsp3) is 0.545. The van der Waals surface area contributed by atoms with Gasteiger partial charge in [-0.15, -0.1) is 13.2 Å². The smallest absolute Gasteiger partial charge is 0.106 e. The first-order valence-corrected chi connectivity index (χ1v) is 11.8. The van der Waals surface area contributed by atoms with E-state index in [4.69, 9.17) is 0 Å². The molecular weight excluding hydrogens is 292 g/mol. The Morgan fingerprint density at radius 1 is 1.17 bits per heavy atom. The molecule has 0 amide bonds. The van der Waals surface area contributed by atoms with Gasteiger partial charge >= 0.3 is 0 Å². The summed E-state index contributed by atoms with van der Waals surface area (Å²) in [6.45, 7) is 13.2. The van der Waals surface area contributed by atoms with Crippen LogP contribution in [0.1, 0.15) is 64.4 Å². The van der Waals surface area contributed by atoms with Gasteiger partial charge in [-0.25, -0.2) is 0 Å². The van der Waals surface area contributed by atoms with Gasteiger partial charge in [0.25, 0.3) is 0 Å². The average Bonchev–Trinajstić information content (AvgIpc) is 2.62. The van der Waals surface area contributed by atoms with Gasteiger partial charge in [-0.3, -0.25) is 0 Å². The minimum Gasteiger partial charge on any atom is -0.106 e. The third-order valence-electron chi connectivity index (χ3n) is 5.96. The standard InChI is InChI=1S/C22H34Si/c1-5-9-12-20-14-11-16-22(18-20)23(7-3,8-4)21-15-10-13-19(6-2)17-21/h7-8,11,14,16,18-19,21H,3-6,9-10,12-13,15,17H2,1-2H3. The van der Waals surface area contributed by atoms with Gasteiger partial charge in [0, 0.05) is 0 Å². The van der Waals surface area contributed by atoms with Crippen molar-refractivity contribution in [2.24, 2.45) is 5.92 Å². The number of rotatable bonds is 8. The monoisotopic (exact) mass is 326 g/mol. The molecule has 1 saturated carbocycles. The van der Waals surface area contributed by atoms with Crippen LogP contribution in [-0.2, 0) is 6.42 Å².